The van der Waals surface area contributed by atoms with Gasteiger partial charge >= 0.3 is 0 Å². The van der Waals surface area contributed by atoms with Crippen LogP contribution in [-0.4, -0.2) is 10.1 Å². The van der Waals surface area contributed by atoms with Crippen molar-refractivity contribution >= 4 is 0 Å². The minimum Gasteiger partial charge on any atom is -0.487 e. The van der Waals surface area contributed by atoms with E-state index in [0.29, 0.717) is 6.61 Å². The fourth-order valence-electron chi connectivity index (χ4n) is 2.48. The van der Waals surface area contributed by atoms with Crippen LogP contribution in [0.1, 0.15) is 35.8 Å². The molecule has 0 bridgehead atoms. The predicted molar refractivity (Wildman–Crippen MR) is 72.9 cm³/mol. The molecule has 98 valence electrons. The molecule has 0 saturated heterocycles. The van der Waals surface area contributed by atoms with Gasteiger partial charge in [0.1, 0.15) is 12.4 Å². The molecule has 0 unspecified atom stereocenters. The predicted octanol–water partition coefficient (Wildman–Crippen LogP) is 3.03. The number of fused-ring (bicyclic) bond motifs is 1. The van der Waals surface area contributed by atoms with E-state index in [4.69, 9.17) is 4.74 Å². The van der Waals surface area contributed by atoms with Crippen molar-refractivity contribution in [3.8, 4) is 5.75 Å². The molecule has 0 saturated carbocycles. The second-order valence-corrected chi connectivity index (χ2v) is 4.88. The van der Waals surface area contributed by atoms with Gasteiger partial charge in [-0.1, -0.05) is 12.1 Å². The molecule has 1 N–H and O–H groups in total. The molecule has 1 aliphatic rings. The minimum atomic E-state index is -0.345. The normalized spacial score (nSPS) is 17.8. The molecule has 0 amide bonds. The molecular weight excluding hydrogens is 238 g/mol. The van der Waals surface area contributed by atoms with Crippen LogP contribution in [0.4, 0.5) is 0 Å². The Morgan fingerprint density at radius 2 is 2.21 bits per heavy atom. The van der Waals surface area contributed by atoms with Crippen LogP contribution in [0.5, 0.6) is 5.75 Å². The standard InChI is InChI=1S/C16H17NO2/c18-16-6-3-4-12-7-8-14(10-15(12)16)19-11-13-5-1-2-9-17-13/h1-2,5,7-10,16,18H,3-4,6,11H2/t16-/m0/s1. The molecule has 1 atom stereocenters. The highest BCUT2D eigenvalue weighted by molar-refractivity contribution is 5.38. The molecule has 1 aromatic heterocycles. The van der Waals surface area contributed by atoms with Gasteiger partial charge < -0.3 is 9.84 Å². The Morgan fingerprint density at radius 1 is 1.26 bits per heavy atom. The van der Waals surface area contributed by atoms with E-state index in [9.17, 15) is 5.11 Å². The van der Waals surface area contributed by atoms with E-state index in [0.717, 1.165) is 36.3 Å². The summed E-state index contributed by atoms with van der Waals surface area (Å²) in [6.07, 6.45) is 4.36. The lowest BCUT2D eigenvalue weighted by atomic mass is 9.89. The molecule has 0 aliphatic heterocycles. The van der Waals surface area contributed by atoms with Gasteiger partial charge in [-0.25, -0.2) is 0 Å². The zero-order chi connectivity index (χ0) is 13.1. The van der Waals surface area contributed by atoms with Gasteiger partial charge in [0.2, 0.25) is 0 Å². The van der Waals surface area contributed by atoms with Crippen LogP contribution < -0.4 is 4.74 Å². The first-order chi connectivity index (χ1) is 9.33. The first kappa shape index (κ1) is 12.2. The first-order valence-corrected chi connectivity index (χ1v) is 6.66. The third-order valence-corrected chi connectivity index (χ3v) is 3.51. The second kappa shape index (κ2) is 5.41. The van der Waals surface area contributed by atoms with E-state index in [1.165, 1.54) is 5.56 Å². The smallest absolute Gasteiger partial charge is 0.130 e. The molecule has 3 heteroatoms. The fourth-order valence-corrected chi connectivity index (χ4v) is 2.48. The molecule has 1 heterocycles. The van der Waals surface area contributed by atoms with Crippen LogP contribution in [0.15, 0.2) is 42.6 Å². The van der Waals surface area contributed by atoms with Crippen molar-refractivity contribution in [1.29, 1.82) is 0 Å². The Morgan fingerprint density at radius 3 is 3.05 bits per heavy atom. The third kappa shape index (κ3) is 2.76. The fraction of sp³-hybridized carbons (Fsp3) is 0.312. The summed E-state index contributed by atoms with van der Waals surface area (Å²) in [6, 6.07) is 11.8. The van der Waals surface area contributed by atoms with Gasteiger partial charge in [-0.2, -0.15) is 0 Å². The average molecular weight is 255 g/mol. The van der Waals surface area contributed by atoms with Crippen molar-refractivity contribution in [3.05, 3.63) is 59.4 Å². The highest BCUT2D eigenvalue weighted by Gasteiger charge is 2.18. The van der Waals surface area contributed by atoms with Gasteiger partial charge in [-0.3, -0.25) is 4.98 Å². The van der Waals surface area contributed by atoms with Gasteiger partial charge in [0, 0.05) is 6.20 Å². The summed E-state index contributed by atoms with van der Waals surface area (Å²) < 4.78 is 5.73. The molecule has 1 aliphatic carbocycles. The molecule has 19 heavy (non-hydrogen) atoms. The van der Waals surface area contributed by atoms with Crippen molar-refractivity contribution in [2.45, 2.75) is 32.0 Å². The number of hydrogen-bond acceptors (Lipinski definition) is 3. The van der Waals surface area contributed by atoms with Crippen molar-refractivity contribution < 1.29 is 9.84 Å². The van der Waals surface area contributed by atoms with Crippen LogP contribution in [-0.2, 0) is 13.0 Å². The molecule has 2 aromatic rings. The number of aliphatic hydroxyl groups is 1. The zero-order valence-corrected chi connectivity index (χ0v) is 10.7. The van der Waals surface area contributed by atoms with Gasteiger partial charge in [0.15, 0.2) is 0 Å². The quantitative estimate of drug-likeness (QED) is 0.916. The number of ether oxygens (including phenoxy) is 1. The van der Waals surface area contributed by atoms with Crippen LogP contribution in [0.2, 0.25) is 0 Å². The van der Waals surface area contributed by atoms with Crippen molar-refractivity contribution in [1.82, 2.24) is 4.98 Å². The van der Waals surface area contributed by atoms with Gasteiger partial charge in [-0.05, 0) is 54.7 Å². The monoisotopic (exact) mass is 255 g/mol. The Balaban J connectivity index is 1.74. The number of pyridine rings is 1. The number of rotatable bonds is 3. The Kier molecular flexibility index (Phi) is 3.47. The summed E-state index contributed by atoms with van der Waals surface area (Å²) in [5.74, 6) is 0.797. The second-order valence-electron chi connectivity index (χ2n) is 4.88. The Hall–Kier alpha value is -1.87. The van der Waals surface area contributed by atoms with E-state index in [1.807, 2.05) is 30.3 Å². The van der Waals surface area contributed by atoms with Crippen LogP contribution >= 0.6 is 0 Å². The number of aromatic nitrogens is 1. The average Bonchev–Trinajstić information content (AvgIpc) is 2.47. The number of aliphatic hydroxyl groups excluding tert-OH is 1. The summed E-state index contributed by atoms with van der Waals surface area (Å²) in [5.41, 5.74) is 3.16. The summed E-state index contributed by atoms with van der Waals surface area (Å²) in [5, 5.41) is 10.0. The largest absolute Gasteiger partial charge is 0.487 e. The zero-order valence-electron chi connectivity index (χ0n) is 10.7. The first-order valence-electron chi connectivity index (χ1n) is 6.66. The van der Waals surface area contributed by atoms with E-state index in [1.54, 1.807) is 6.20 Å². The summed E-state index contributed by atoms with van der Waals surface area (Å²) in [4.78, 5) is 4.22. The highest BCUT2D eigenvalue weighted by atomic mass is 16.5. The van der Waals surface area contributed by atoms with E-state index in [-0.39, 0.29) is 6.10 Å². The maximum Gasteiger partial charge on any atom is 0.130 e. The number of benzene rings is 1. The van der Waals surface area contributed by atoms with Crippen LogP contribution in [0.3, 0.4) is 0 Å². The molecule has 0 fully saturated rings. The van der Waals surface area contributed by atoms with Crippen molar-refractivity contribution in [2.75, 3.05) is 0 Å². The van der Waals surface area contributed by atoms with Crippen LogP contribution in [0, 0.1) is 0 Å². The molecule has 0 spiro atoms. The maximum atomic E-state index is 10.0. The minimum absolute atomic E-state index is 0.345. The lowest BCUT2D eigenvalue weighted by Gasteiger charge is -2.21. The number of aryl methyl sites for hydroxylation is 1. The molecule has 1 aromatic carbocycles. The highest BCUT2D eigenvalue weighted by Crippen LogP contribution is 2.32. The maximum absolute atomic E-state index is 10.0. The van der Waals surface area contributed by atoms with Gasteiger partial charge in [0.05, 0.1) is 11.8 Å². The van der Waals surface area contributed by atoms with E-state index >= 15 is 0 Å². The Labute approximate surface area is 112 Å². The molecule has 3 nitrogen and oxygen atoms in total. The Bertz CT molecular complexity index is 554. The number of hydrogen-bond donors (Lipinski definition) is 1. The van der Waals surface area contributed by atoms with E-state index in [2.05, 4.69) is 11.1 Å². The molecular formula is C16H17NO2. The van der Waals surface area contributed by atoms with E-state index < -0.39 is 0 Å². The number of nitrogens with zero attached hydrogens (tertiary/aromatic N) is 1. The van der Waals surface area contributed by atoms with Crippen molar-refractivity contribution in [2.24, 2.45) is 0 Å². The van der Waals surface area contributed by atoms with Gasteiger partial charge in [0.25, 0.3) is 0 Å². The van der Waals surface area contributed by atoms with Crippen molar-refractivity contribution in [3.63, 3.8) is 0 Å². The summed E-state index contributed by atoms with van der Waals surface area (Å²) >= 11 is 0. The molecule has 0 radical (unpaired) electrons. The lowest BCUT2D eigenvalue weighted by Crippen LogP contribution is -2.09. The SMILES string of the molecule is O[C@H]1CCCc2ccc(OCc3ccccn3)cc21. The summed E-state index contributed by atoms with van der Waals surface area (Å²) in [7, 11) is 0. The lowest BCUT2D eigenvalue weighted by molar-refractivity contribution is 0.156. The summed E-state index contributed by atoms with van der Waals surface area (Å²) in [6.45, 7) is 0.454. The van der Waals surface area contributed by atoms with Gasteiger partial charge in [-0.15, -0.1) is 0 Å². The molecule has 3 rings (SSSR count). The third-order valence-electron chi connectivity index (χ3n) is 3.51. The van der Waals surface area contributed by atoms with Crippen LogP contribution in [0.25, 0.3) is 0 Å². The topological polar surface area (TPSA) is 42.4 Å².